The van der Waals surface area contributed by atoms with Crippen LogP contribution >= 0.6 is 0 Å². The van der Waals surface area contributed by atoms with E-state index >= 15 is 0 Å². The van der Waals surface area contributed by atoms with Crippen LogP contribution in [0.5, 0.6) is 5.75 Å². The molecule has 1 heterocycles. The number of aromatic amines is 1. The molecule has 0 amide bonds. The molecule has 0 aliphatic carbocycles. The average Bonchev–Trinajstić information content (AvgIpc) is 3.00. The van der Waals surface area contributed by atoms with Gasteiger partial charge in [0.1, 0.15) is 18.1 Å². The number of H-pyrrole nitrogens is 1. The zero-order valence-electron chi connectivity index (χ0n) is 15.4. The van der Waals surface area contributed by atoms with Gasteiger partial charge in [-0.1, -0.05) is 36.4 Å². The molecule has 0 atom stereocenters. The third-order valence-electron chi connectivity index (χ3n) is 4.08. The molecular weight excluding hydrogens is 328 g/mol. The average molecular weight is 352 g/mol. The van der Waals surface area contributed by atoms with Crippen molar-refractivity contribution in [2.24, 2.45) is 0 Å². The fourth-order valence-corrected chi connectivity index (χ4v) is 2.99. The van der Waals surface area contributed by atoms with Gasteiger partial charge in [0.2, 0.25) is 0 Å². The van der Waals surface area contributed by atoms with E-state index in [2.05, 4.69) is 4.98 Å². The quantitative estimate of drug-likeness (QED) is 0.654. The minimum Gasteiger partial charge on any atom is -0.488 e. The Balaban J connectivity index is 2.01. The van der Waals surface area contributed by atoms with E-state index in [9.17, 15) is 4.79 Å². The van der Waals surface area contributed by atoms with Crippen molar-refractivity contribution in [3.05, 3.63) is 65.4 Å². The Bertz CT molecular complexity index is 885. The van der Waals surface area contributed by atoms with Crippen LogP contribution in [0, 0.1) is 0 Å². The molecule has 0 bridgehead atoms. The van der Waals surface area contributed by atoms with E-state index in [0.717, 1.165) is 27.8 Å². The molecule has 5 heteroatoms. The van der Waals surface area contributed by atoms with E-state index in [1.165, 1.54) is 0 Å². The summed E-state index contributed by atoms with van der Waals surface area (Å²) in [6, 6.07) is 15.8. The van der Waals surface area contributed by atoms with Gasteiger partial charge < -0.3 is 19.4 Å². The maximum atomic E-state index is 12.4. The predicted octanol–water partition coefficient (Wildman–Crippen LogP) is 3.99. The lowest BCUT2D eigenvalue weighted by molar-refractivity contribution is 0.0518. The van der Waals surface area contributed by atoms with Crippen LogP contribution < -0.4 is 4.74 Å². The number of carbonyl (C=O) groups excluding carboxylic acids is 1. The molecule has 0 aliphatic heterocycles. The van der Waals surface area contributed by atoms with Gasteiger partial charge in [-0.15, -0.1) is 0 Å². The zero-order valence-corrected chi connectivity index (χ0v) is 15.4. The number of hydrogen-bond acceptors (Lipinski definition) is 4. The monoisotopic (exact) mass is 352 g/mol. The number of ether oxygens (including phenoxy) is 2. The fraction of sp³-hybridized carbons (Fsp3) is 0.286. The lowest BCUT2D eigenvalue weighted by atomic mass is 10.1. The van der Waals surface area contributed by atoms with Crippen molar-refractivity contribution in [2.45, 2.75) is 20.1 Å². The van der Waals surface area contributed by atoms with Crippen molar-refractivity contribution in [1.29, 1.82) is 0 Å². The third kappa shape index (κ3) is 3.89. The van der Waals surface area contributed by atoms with E-state index in [1.54, 1.807) is 6.92 Å². The lowest BCUT2D eigenvalue weighted by Gasteiger charge is -2.13. The van der Waals surface area contributed by atoms with Crippen molar-refractivity contribution in [1.82, 2.24) is 9.88 Å². The second-order valence-corrected chi connectivity index (χ2v) is 6.39. The smallest absolute Gasteiger partial charge is 0.355 e. The summed E-state index contributed by atoms with van der Waals surface area (Å²) in [6.07, 6.45) is 0. The molecule has 3 aromatic rings. The van der Waals surface area contributed by atoms with Crippen LogP contribution in [0.2, 0.25) is 0 Å². The summed E-state index contributed by atoms with van der Waals surface area (Å²) in [5.74, 6) is 0.421. The number of carbonyl (C=O) groups is 1. The first-order valence-electron chi connectivity index (χ1n) is 8.72. The topological polar surface area (TPSA) is 54.6 Å². The first-order chi connectivity index (χ1) is 12.6. The van der Waals surface area contributed by atoms with Gasteiger partial charge in [-0.25, -0.2) is 4.79 Å². The SMILES string of the molecule is CCOC(=O)c1[nH]c2cccc(OCc3ccccc3)c2c1CN(C)C. The number of rotatable bonds is 7. The van der Waals surface area contributed by atoms with E-state index in [-0.39, 0.29) is 5.97 Å². The Morgan fingerprint density at radius 2 is 1.85 bits per heavy atom. The van der Waals surface area contributed by atoms with Gasteiger partial charge in [-0.3, -0.25) is 0 Å². The van der Waals surface area contributed by atoms with Crippen molar-refractivity contribution in [3.8, 4) is 5.75 Å². The number of hydrogen-bond donors (Lipinski definition) is 1. The standard InChI is InChI=1S/C21H24N2O3/c1-4-25-21(24)20-16(13-23(2)3)19-17(22-20)11-8-12-18(19)26-14-15-9-6-5-7-10-15/h5-12,22H,4,13-14H2,1-3H3. The molecule has 0 spiro atoms. The van der Waals surface area contributed by atoms with Crippen LogP contribution in [0.25, 0.3) is 10.9 Å². The van der Waals surface area contributed by atoms with Crippen LogP contribution in [-0.4, -0.2) is 36.6 Å². The minimum atomic E-state index is -0.338. The van der Waals surface area contributed by atoms with Crippen molar-refractivity contribution in [3.63, 3.8) is 0 Å². The van der Waals surface area contributed by atoms with Crippen molar-refractivity contribution >= 4 is 16.9 Å². The number of benzene rings is 2. The number of aromatic nitrogens is 1. The molecular formula is C21H24N2O3. The van der Waals surface area contributed by atoms with E-state index in [4.69, 9.17) is 9.47 Å². The third-order valence-corrected chi connectivity index (χ3v) is 4.08. The molecule has 3 rings (SSSR count). The van der Waals surface area contributed by atoms with Gasteiger partial charge in [-0.2, -0.15) is 0 Å². The maximum Gasteiger partial charge on any atom is 0.355 e. The molecule has 5 nitrogen and oxygen atoms in total. The van der Waals surface area contributed by atoms with Gasteiger partial charge in [0, 0.05) is 17.5 Å². The largest absolute Gasteiger partial charge is 0.488 e. The molecule has 136 valence electrons. The molecule has 0 aliphatic rings. The first kappa shape index (κ1) is 18.0. The lowest BCUT2D eigenvalue weighted by Crippen LogP contribution is -2.15. The summed E-state index contributed by atoms with van der Waals surface area (Å²) in [5.41, 5.74) is 3.36. The fourth-order valence-electron chi connectivity index (χ4n) is 2.99. The van der Waals surface area contributed by atoms with Gasteiger partial charge in [0.15, 0.2) is 0 Å². The summed E-state index contributed by atoms with van der Waals surface area (Å²) >= 11 is 0. The highest BCUT2D eigenvalue weighted by molar-refractivity contribution is 6.00. The number of fused-ring (bicyclic) bond motifs is 1. The Kier molecular flexibility index (Phi) is 5.58. The molecule has 0 fully saturated rings. The molecule has 2 aromatic carbocycles. The number of esters is 1. The van der Waals surface area contributed by atoms with Crippen LogP contribution in [0.1, 0.15) is 28.5 Å². The Morgan fingerprint density at radius 3 is 2.54 bits per heavy atom. The summed E-state index contributed by atoms with van der Waals surface area (Å²) in [7, 11) is 3.95. The Hall–Kier alpha value is -2.79. The zero-order chi connectivity index (χ0) is 18.5. The molecule has 1 aromatic heterocycles. The molecule has 0 saturated heterocycles. The predicted molar refractivity (Wildman–Crippen MR) is 102 cm³/mol. The first-order valence-corrected chi connectivity index (χ1v) is 8.72. The highest BCUT2D eigenvalue weighted by Gasteiger charge is 2.21. The summed E-state index contributed by atoms with van der Waals surface area (Å²) < 4.78 is 11.3. The number of nitrogens with one attached hydrogen (secondary N) is 1. The maximum absolute atomic E-state index is 12.4. The van der Waals surface area contributed by atoms with Crippen molar-refractivity contribution < 1.29 is 14.3 Å². The second-order valence-electron chi connectivity index (χ2n) is 6.39. The van der Waals surface area contributed by atoms with E-state index in [0.29, 0.717) is 25.5 Å². The summed E-state index contributed by atoms with van der Waals surface area (Å²) in [6.45, 7) is 3.23. The molecule has 0 saturated carbocycles. The van der Waals surface area contributed by atoms with Gasteiger partial charge in [0.05, 0.1) is 12.1 Å². The normalized spacial score (nSPS) is 11.1. The van der Waals surface area contributed by atoms with Gasteiger partial charge in [-0.05, 0) is 38.7 Å². The number of nitrogens with zero attached hydrogens (tertiary/aromatic N) is 1. The van der Waals surface area contributed by atoms with Crippen LogP contribution in [0.3, 0.4) is 0 Å². The van der Waals surface area contributed by atoms with Crippen LogP contribution in [-0.2, 0) is 17.9 Å². The highest BCUT2D eigenvalue weighted by Crippen LogP contribution is 2.33. The Morgan fingerprint density at radius 1 is 1.08 bits per heavy atom. The van der Waals surface area contributed by atoms with Gasteiger partial charge >= 0.3 is 5.97 Å². The highest BCUT2D eigenvalue weighted by atomic mass is 16.5. The van der Waals surface area contributed by atoms with E-state index in [1.807, 2.05) is 67.5 Å². The molecule has 0 unspecified atom stereocenters. The molecule has 1 N–H and O–H groups in total. The van der Waals surface area contributed by atoms with Crippen molar-refractivity contribution in [2.75, 3.05) is 20.7 Å². The van der Waals surface area contributed by atoms with Crippen LogP contribution in [0.4, 0.5) is 0 Å². The molecule has 26 heavy (non-hydrogen) atoms. The van der Waals surface area contributed by atoms with Gasteiger partial charge in [0.25, 0.3) is 0 Å². The Labute approximate surface area is 153 Å². The summed E-state index contributed by atoms with van der Waals surface area (Å²) in [4.78, 5) is 17.6. The molecule has 0 radical (unpaired) electrons. The van der Waals surface area contributed by atoms with E-state index < -0.39 is 0 Å². The second kappa shape index (κ2) is 8.06. The van der Waals surface area contributed by atoms with Crippen LogP contribution in [0.15, 0.2) is 48.5 Å². The summed E-state index contributed by atoms with van der Waals surface area (Å²) in [5, 5.41) is 0.931. The minimum absolute atomic E-state index is 0.338.